The van der Waals surface area contributed by atoms with E-state index in [1.54, 1.807) is 0 Å². The van der Waals surface area contributed by atoms with Crippen molar-refractivity contribution in [2.45, 2.75) is 26.7 Å². The maximum Gasteiger partial charge on any atom is 0.225 e. The molecule has 1 unspecified atom stereocenters. The van der Waals surface area contributed by atoms with Crippen molar-refractivity contribution in [3.63, 3.8) is 0 Å². The zero-order chi connectivity index (χ0) is 14.1. The molecule has 1 saturated heterocycles. The van der Waals surface area contributed by atoms with Gasteiger partial charge in [-0.3, -0.25) is 4.68 Å². The molecule has 106 valence electrons. The van der Waals surface area contributed by atoms with Crippen LogP contribution in [-0.4, -0.2) is 32.8 Å². The molecule has 0 bridgehead atoms. The summed E-state index contributed by atoms with van der Waals surface area (Å²) in [5.74, 6) is 1.56. The first-order chi connectivity index (χ1) is 9.60. The van der Waals surface area contributed by atoms with Gasteiger partial charge < -0.3 is 4.90 Å². The summed E-state index contributed by atoms with van der Waals surface area (Å²) in [7, 11) is 1.97. The van der Waals surface area contributed by atoms with Crippen LogP contribution in [0.3, 0.4) is 0 Å². The first-order valence-corrected chi connectivity index (χ1v) is 7.15. The summed E-state index contributed by atoms with van der Waals surface area (Å²) in [6.07, 6.45) is 6.37. The van der Waals surface area contributed by atoms with Crippen LogP contribution in [0.5, 0.6) is 0 Å². The Morgan fingerprint density at radius 2 is 2.00 bits per heavy atom. The molecule has 0 saturated carbocycles. The van der Waals surface area contributed by atoms with Gasteiger partial charge in [0.05, 0.1) is 6.20 Å². The highest BCUT2D eigenvalue weighted by atomic mass is 15.3. The number of hydrogen-bond acceptors (Lipinski definition) is 4. The quantitative estimate of drug-likeness (QED) is 0.855. The molecule has 0 amide bonds. The number of nitrogens with zero attached hydrogens (tertiary/aromatic N) is 5. The van der Waals surface area contributed by atoms with Crippen molar-refractivity contribution in [3.8, 4) is 0 Å². The molecule has 1 aliphatic heterocycles. The summed E-state index contributed by atoms with van der Waals surface area (Å²) < 4.78 is 1.87. The minimum absolute atomic E-state index is 0.670. The Morgan fingerprint density at radius 3 is 2.65 bits per heavy atom. The number of rotatable bonds is 3. The summed E-state index contributed by atoms with van der Waals surface area (Å²) >= 11 is 0. The first kappa shape index (κ1) is 13.1. The summed E-state index contributed by atoms with van der Waals surface area (Å²) in [5, 5.41) is 4.24. The monoisotopic (exact) mass is 271 g/mol. The van der Waals surface area contributed by atoms with E-state index in [-0.39, 0.29) is 0 Å². The second-order valence-electron chi connectivity index (χ2n) is 5.78. The average molecular weight is 271 g/mol. The Kier molecular flexibility index (Phi) is 3.42. The van der Waals surface area contributed by atoms with E-state index in [0.29, 0.717) is 5.92 Å². The normalized spacial score (nSPS) is 18.8. The molecule has 5 heteroatoms. The molecule has 0 spiro atoms. The zero-order valence-corrected chi connectivity index (χ0v) is 12.4. The van der Waals surface area contributed by atoms with E-state index >= 15 is 0 Å². The van der Waals surface area contributed by atoms with Gasteiger partial charge in [0.25, 0.3) is 0 Å². The lowest BCUT2D eigenvalue weighted by Gasteiger charge is -2.17. The first-order valence-electron chi connectivity index (χ1n) is 7.15. The third-order valence-corrected chi connectivity index (χ3v) is 3.82. The van der Waals surface area contributed by atoms with Crippen molar-refractivity contribution in [2.75, 3.05) is 18.0 Å². The van der Waals surface area contributed by atoms with Crippen LogP contribution >= 0.6 is 0 Å². The van der Waals surface area contributed by atoms with E-state index in [4.69, 9.17) is 0 Å². The van der Waals surface area contributed by atoms with Gasteiger partial charge in [-0.15, -0.1) is 0 Å². The fourth-order valence-corrected chi connectivity index (χ4v) is 2.94. The van der Waals surface area contributed by atoms with Crippen molar-refractivity contribution in [1.82, 2.24) is 19.7 Å². The number of aromatic nitrogens is 4. The van der Waals surface area contributed by atoms with Crippen molar-refractivity contribution >= 4 is 5.95 Å². The van der Waals surface area contributed by atoms with Gasteiger partial charge in [0.1, 0.15) is 0 Å². The minimum Gasteiger partial charge on any atom is -0.341 e. The molecule has 0 aliphatic carbocycles. The topological polar surface area (TPSA) is 46.8 Å². The smallest absolute Gasteiger partial charge is 0.225 e. The number of hydrogen-bond donors (Lipinski definition) is 0. The maximum atomic E-state index is 4.56. The van der Waals surface area contributed by atoms with E-state index in [0.717, 1.165) is 36.8 Å². The van der Waals surface area contributed by atoms with Crippen LogP contribution in [0, 0.1) is 19.8 Å². The Balaban J connectivity index is 1.67. The van der Waals surface area contributed by atoms with Crippen molar-refractivity contribution in [3.05, 3.63) is 35.4 Å². The molecule has 1 fully saturated rings. The SMILES string of the molecule is Cc1cc(C)nc(N2CCC(Cc3cnn(C)c3)C2)n1. The fourth-order valence-electron chi connectivity index (χ4n) is 2.94. The molecule has 2 aromatic heterocycles. The fraction of sp³-hybridized carbons (Fsp3) is 0.533. The molecule has 0 radical (unpaired) electrons. The lowest BCUT2D eigenvalue weighted by Crippen LogP contribution is -2.23. The van der Waals surface area contributed by atoms with Crippen LogP contribution in [0.4, 0.5) is 5.95 Å². The molecular weight excluding hydrogens is 250 g/mol. The molecular formula is C15H21N5. The second kappa shape index (κ2) is 5.23. The molecule has 0 N–H and O–H groups in total. The van der Waals surface area contributed by atoms with Gasteiger partial charge in [-0.2, -0.15) is 5.10 Å². The van der Waals surface area contributed by atoms with Gasteiger partial charge >= 0.3 is 0 Å². The number of aryl methyl sites for hydroxylation is 3. The van der Waals surface area contributed by atoms with Crippen molar-refractivity contribution in [1.29, 1.82) is 0 Å². The minimum atomic E-state index is 0.670. The van der Waals surface area contributed by atoms with Gasteiger partial charge in [-0.05, 0) is 44.2 Å². The Morgan fingerprint density at radius 1 is 1.25 bits per heavy atom. The van der Waals surface area contributed by atoms with Crippen molar-refractivity contribution < 1.29 is 0 Å². The van der Waals surface area contributed by atoms with E-state index in [1.165, 1.54) is 12.0 Å². The third kappa shape index (κ3) is 2.81. The van der Waals surface area contributed by atoms with E-state index in [9.17, 15) is 0 Å². The Hall–Kier alpha value is -1.91. The van der Waals surface area contributed by atoms with E-state index in [1.807, 2.05) is 37.8 Å². The Labute approximate surface area is 119 Å². The van der Waals surface area contributed by atoms with Crippen LogP contribution in [0.2, 0.25) is 0 Å². The third-order valence-electron chi connectivity index (χ3n) is 3.82. The van der Waals surface area contributed by atoms with Crippen LogP contribution in [0.15, 0.2) is 18.5 Å². The molecule has 2 aromatic rings. The lowest BCUT2D eigenvalue weighted by atomic mass is 10.0. The summed E-state index contributed by atoms with van der Waals surface area (Å²) in [5.41, 5.74) is 3.41. The zero-order valence-electron chi connectivity index (χ0n) is 12.4. The standard InChI is InChI=1S/C15H21N5/c1-11-6-12(2)18-15(17-11)20-5-4-13(10-20)7-14-8-16-19(3)9-14/h6,8-9,13H,4-5,7,10H2,1-3H3. The largest absolute Gasteiger partial charge is 0.341 e. The second-order valence-corrected chi connectivity index (χ2v) is 5.78. The highest BCUT2D eigenvalue weighted by Crippen LogP contribution is 2.24. The molecule has 5 nitrogen and oxygen atoms in total. The summed E-state index contributed by atoms with van der Waals surface area (Å²) in [6, 6.07) is 2.02. The number of anilines is 1. The molecule has 20 heavy (non-hydrogen) atoms. The average Bonchev–Trinajstić information content (AvgIpc) is 2.98. The van der Waals surface area contributed by atoms with Gasteiger partial charge in [-0.1, -0.05) is 0 Å². The Bertz CT molecular complexity index is 584. The van der Waals surface area contributed by atoms with Gasteiger partial charge in [-0.25, -0.2) is 9.97 Å². The van der Waals surface area contributed by atoms with Gasteiger partial charge in [0.15, 0.2) is 0 Å². The maximum absolute atomic E-state index is 4.56. The van der Waals surface area contributed by atoms with Crippen molar-refractivity contribution in [2.24, 2.45) is 13.0 Å². The summed E-state index contributed by atoms with van der Waals surface area (Å²) in [6.45, 7) is 6.15. The van der Waals surface area contributed by atoms with Crippen LogP contribution in [0.1, 0.15) is 23.4 Å². The van der Waals surface area contributed by atoms with Gasteiger partial charge in [0, 0.05) is 37.7 Å². The summed E-state index contributed by atoms with van der Waals surface area (Å²) in [4.78, 5) is 11.4. The lowest BCUT2D eigenvalue weighted by molar-refractivity contribution is 0.585. The van der Waals surface area contributed by atoms with E-state index in [2.05, 4.69) is 26.2 Å². The predicted octanol–water partition coefficient (Wildman–Crippen LogP) is 1.90. The molecule has 0 aromatic carbocycles. The van der Waals surface area contributed by atoms with E-state index < -0.39 is 0 Å². The van der Waals surface area contributed by atoms with Crippen LogP contribution in [-0.2, 0) is 13.5 Å². The molecule has 1 atom stereocenters. The predicted molar refractivity (Wildman–Crippen MR) is 78.7 cm³/mol. The molecule has 1 aliphatic rings. The van der Waals surface area contributed by atoms with Gasteiger partial charge in [0.2, 0.25) is 5.95 Å². The molecule has 3 heterocycles. The highest BCUT2D eigenvalue weighted by molar-refractivity contribution is 5.34. The van der Waals surface area contributed by atoms with Crippen LogP contribution < -0.4 is 4.90 Å². The molecule has 3 rings (SSSR count). The highest BCUT2D eigenvalue weighted by Gasteiger charge is 2.25. The van der Waals surface area contributed by atoms with Crippen LogP contribution in [0.25, 0.3) is 0 Å².